The minimum atomic E-state index is 0.268. The van der Waals surface area contributed by atoms with Crippen molar-refractivity contribution in [2.75, 3.05) is 11.1 Å². The topological polar surface area (TPSA) is 68.2 Å². The second-order valence-corrected chi connectivity index (χ2v) is 5.46. The van der Waals surface area contributed by atoms with E-state index in [0.717, 1.165) is 24.3 Å². The molecule has 0 saturated carbocycles. The Kier molecular flexibility index (Phi) is 2.77. The zero-order valence-electron chi connectivity index (χ0n) is 11.7. The van der Waals surface area contributed by atoms with E-state index >= 15 is 0 Å². The fourth-order valence-corrected chi connectivity index (χ4v) is 3.12. The predicted molar refractivity (Wildman–Crippen MR) is 83.1 cm³/mol. The van der Waals surface area contributed by atoms with E-state index in [2.05, 4.69) is 39.6 Å². The van der Waals surface area contributed by atoms with Gasteiger partial charge in [-0.25, -0.2) is 9.97 Å². The van der Waals surface area contributed by atoms with Gasteiger partial charge in [-0.2, -0.15) is 0 Å². The first-order chi connectivity index (χ1) is 10.3. The Bertz CT molecular complexity index is 792. The van der Waals surface area contributed by atoms with Gasteiger partial charge in [-0.05, 0) is 30.4 Å². The molecule has 5 heteroatoms. The van der Waals surface area contributed by atoms with Crippen LogP contribution in [0.4, 0.5) is 11.6 Å². The molecule has 5 nitrogen and oxygen atoms in total. The Morgan fingerprint density at radius 3 is 3.14 bits per heavy atom. The van der Waals surface area contributed by atoms with Crippen molar-refractivity contribution >= 4 is 17.3 Å². The Balaban J connectivity index is 1.74. The molecule has 0 spiro atoms. The van der Waals surface area contributed by atoms with E-state index < -0.39 is 0 Å². The molecule has 0 saturated heterocycles. The number of imidazole rings is 1. The van der Waals surface area contributed by atoms with E-state index in [-0.39, 0.29) is 6.04 Å². The summed E-state index contributed by atoms with van der Waals surface area (Å²) in [4.78, 5) is 8.79. The van der Waals surface area contributed by atoms with E-state index in [9.17, 15) is 0 Å². The first-order valence-corrected chi connectivity index (χ1v) is 7.25. The van der Waals surface area contributed by atoms with E-state index in [0.29, 0.717) is 5.82 Å². The summed E-state index contributed by atoms with van der Waals surface area (Å²) in [5, 5.41) is 3.53. The van der Waals surface area contributed by atoms with Crippen molar-refractivity contribution in [3.63, 3.8) is 0 Å². The number of rotatable bonds is 2. The van der Waals surface area contributed by atoms with Crippen LogP contribution in [-0.2, 0) is 6.42 Å². The standard InChI is InChI=1S/C16H17N5/c17-14-10-21-9-8-18-16(21)15(20-14)19-13-7-3-5-11-4-1-2-6-12(11)13/h1-2,4,6,8-10,13H,3,5,7,17H2,(H,19,20). The highest BCUT2D eigenvalue weighted by Gasteiger charge is 2.21. The molecule has 2 heterocycles. The maximum atomic E-state index is 5.88. The maximum absolute atomic E-state index is 5.88. The van der Waals surface area contributed by atoms with E-state index in [1.54, 1.807) is 12.4 Å². The molecule has 4 rings (SSSR count). The van der Waals surface area contributed by atoms with Crippen molar-refractivity contribution in [3.05, 3.63) is 54.0 Å². The predicted octanol–water partition coefficient (Wildman–Crippen LogP) is 2.80. The molecule has 21 heavy (non-hydrogen) atoms. The molecule has 0 fully saturated rings. The Labute approximate surface area is 122 Å². The molecule has 0 amide bonds. The zero-order chi connectivity index (χ0) is 14.2. The lowest BCUT2D eigenvalue weighted by Crippen LogP contribution is -2.18. The SMILES string of the molecule is Nc1cn2ccnc2c(NC2CCCc3ccccc32)n1. The molecular formula is C16H17N5. The van der Waals surface area contributed by atoms with Gasteiger partial charge in [0.2, 0.25) is 0 Å². The Morgan fingerprint density at radius 2 is 2.19 bits per heavy atom. The third kappa shape index (κ3) is 2.11. The molecule has 3 N–H and O–H groups in total. The number of aryl methyl sites for hydroxylation is 1. The quantitative estimate of drug-likeness (QED) is 0.757. The number of hydrogen-bond acceptors (Lipinski definition) is 4. The highest BCUT2D eigenvalue weighted by molar-refractivity contribution is 5.65. The first kappa shape index (κ1) is 12.2. The van der Waals surface area contributed by atoms with Crippen LogP contribution in [0.3, 0.4) is 0 Å². The van der Waals surface area contributed by atoms with Gasteiger partial charge in [-0.1, -0.05) is 24.3 Å². The first-order valence-electron chi connectivity index (χ1n) is 7.25. The summed E-state index contributed by atoms with van der Waals surface area (Å²) in [5.41, 5.74) is 9.48. The minimum Gasteiger partial charge on any atom is -0.382 e. The van der Waals surface area contributed by atoms with Crippen LogP contribution in [-0.4, -0.2) is 14.4 Å². The molecular weight excluding hydrogens is 262 g/mol. The fourth-order valence-electron chi connectivity index (χ4n) is 3.12. The molecule has 106 valence electrons. The largest absolute Gasteiger partial charge is 0.382 e. The highest BCUT2D eigenvalue weighted by atomic mass is 15.1. The Hall–Kier alpha value is -2.56. The lowest BCUT2D eigenvalue weighted by atomic mass is 9.88. The van der Waals surface area contributed by atoms with Crippen molar-refractivity contribution in [2.45, 2.75) is 25.3 Å². The molecule has 1 unspecified atom stereocenters. The number of nitrogens with two attached hydrogens (primary N) is 1. The monoisotopic (exact) mass is 279 g/mol. The van der Waals surface area contributed by atoms with Gasteiger partial charge in [0.15, 0.2) is 11.5 Å². The number of anilines is 2. The van der Waals surface area contributed by atoms with Crippen LogP contribution in [0.15, 0.2) is 42.9 Å². The molecule has 3 aromatic rings. The third-order valence-electron chi connectivity index (χ3n) is 4.07. The summed E-state index contributed by atoms with van der Waals surface area (Å²) in [6.07, 6.45) is 8.85. The van der Waals surface area contributed by atoms with Gasteiger partial charge >= 0.3 is 0 Å². The van der Waals surface area contributed by atoms with E-state index in [4.69, 9.17) is 5.73 Å². The van der Waals surface area contributed by atoms with Gasteiger partial charge < -0.3 is 15.5 Å². The lowest BCUT2D eigenvalue weighted by Gasteiger charge is -2.26. The van der Waals surface area contributed by atoms with Gasteiger partial charge in [0, 0.05) is 12.4 Å². The number of nitrogen functional groups attached to an aromatic ring is 1. The number of benzene rings is 1. The van der Waals surface area contributed by atoms with Crippen LogP contribution in [0.2, 0.25) is 0 Å². The van der Waals surface area contributed by atoms with Crippen LogP contribution in [0.5, 0.6) is 0 Å². The molecule has 1 aliphatic rings. The van der Waals surface area contributed by atoms with Crippen LogP contribution < -0.4 is 11.1 Å². The van der Waals surface area contributed by atoms with E-state index in [1.807, 2.05) is 10.6 Å². The highest BCUT2D eigenvalue weighted by Crippen LogP contribution is 2.32. The summed E-state index contributed by atoms with van der Waals surface area (Å²) in [7, 11) is 0. The van der Waals surface area contributed by atoms with Gasteiger partial charge in [0.25, 0.3) is 0 Å². The number of nitrogens with zero attached hydrogens (tertiary/aromatic N) is 3. The third-order valence-corrected chi connectivity index (χ3v) is 4.07. The normalized spacial score (nSPS) is 17.6. The number of aromatic nitrogens is 3. The van der Waals surface area contributed by atoms with Crippen molar-refractivity contribution in [1.82, 2.24) is 14.4 Å². The second-order valence-electron chi connectivity index (χ2n) is 5.46. The van der Waals surface area contributed by atoms with Crippen LogP contribution in [0.1, 0.15) is 30.0 Å². The minimum absolute atomic E-state index is 0.268. The molecule has 1 aliphatic carbocycles. The second kappa shape index (κ2) is 4.77. The molecule has 0 bridgehead atoms. The lowest BCUT2D eigenvalue weighted by molar-refractivity contribution is 0.599. The summed E-state index contributed by atoms with van der Waals surface area (Å²) < 4.78 is 1.90. The number of nitrogens with one attached hydrogen (secondary N) is 1. The van der Waals surface area contributed by atoms with Crippen LogP contribution in [0.25, 0.3) is 5.65 Å². The molecule has 0 radical (unpaired) electrons. The molecule has 1 atom stereocenters. The molecule has 1 aromatic carbocycles. The average molecular weight is 279 g/mol. The smallest absolute Gasteiger partial charge is 0.180 e. The van der Waals surface area contributed by atoms with Crippen molar-refractivity contribution in [2.24, 2.45) is 0 Å². The average Bonchev–Trinajstić information content (AvgIpc) is 2.96. The summed E-state index contributed by atoms with van der Waals surface area (Å²) in [6, 6.07) is 8.87. The van der Waals surface area contributed by atoms with E-state index in [1.165, 1.54) is 17.5 Å². The number of fused-ring (bicyclic) bond motifs is 2. The van der Waals surface area contributed by atoms with Crippen LogP contribution in [0, 0.1) is 0 Å². The summed E-state index contributed by atoms with van der Waals surface area (Å²) in [6.45, 7) is 0. The van der Waals surface area contributed by atoms with Gasteiger partial charge in [0.05, 0.1) is 12.2 Å². The molecule has 0 aliphatic heterocycles. The van der Waals surface area contributed by atoms with Gasteiger partial charge in [-0.3, -0.25) is 0 Å². The molecule has 2 aromatic heterocycles. The fraction of sp³-hybridized carbons (Fsp3) is 0.250. The zero-order valence-corrected chi connectivity index (χ0v) is 11.7. The maximum Gasteiger partial charge on any atom is 0.180 e. The van der Waals surface area contributed by atoms with Crippen molar-refractivity contribution in [1.29, 1.82) is 0 Å². The number of hydrogen-bond donors (Lipinski definition) is 2. The van der Waals surface area contributed by atoms with Crippen molar-refractivity contribution < 1.29 is 0 Å². The summed E-state index contributed by atoms with van der Waals surface area (Å²) in [5.74, 6) is 1.24. The van der Waals surface area contributed by atoms with Crippen molar-refractivity contribution in [3.8, 4) is 0 Å². The summed E-state index contributed by atoms with van der Waals surface area (Å²) >= 11 is 0. The van der Waals surface area contributed by atoms with Crippen LogP contribution >= 0.6 is 0 Å². The van der Waals surface area contributed by atoms with Gasteiger partial charge in [-0.15, -0.1) is 0 Å². The van der Waals surface area contributed by atoms with Gasteiger partial charge in [0.1, 0.15) is 5.82 Å². The Morgan fingerprint density at radius 1 is 1.29 bits per heavy atom.